The van der Waals surface area contributed by atoms with Crippen LogP contribution in [0.3, 0.4) is 0 Å². The molecule has 1 aromatic rings. The fraction of sp³-hybridized carbons (Fsp3) is 0.714. The van der Waals surface area contributed by atoms with Gasteiger partial charge in [-0.25, -0.2) is 4.79 Å². The van der Waals surface area contributed by atoms with Gasteiger partial charge in [0.15, 0.2) is 5.60 Å². The van der Waals surface area contributed by atoms with Crippen LogP contribution in [-0.2, 0) is 28.9 Å². The van der Waals surface area contributed by atoms with E-state index in [4.69, 9.17) is 11.0 Å². The number of carbonyl (C=O) groups is 1. The molecule has 156 valence electrons. The third-order valence-electron chi connectivity index (χ3n) is 6.06. The van der Waals surface area contributed by atoms with Gasteiger partial charge in [-0.15, -0.1) is 0 Å². The summed E-state index contributed by atoms with van der Waals surface area (Å²) in [5.74, 6) is 1.70. The van der Waals surface area contributed by atoms with Crippen molar-refractivity contribution in [3.63, 3.8) is 0 Å². The Morgan fingerprint density at radius 1 is 1.39 bits per heavy atom. The number of thioether (sulfide) groups is 1. The van der Waals surface area contributed by atoms with Crippen molar-refractivity contribution in [3.8, 4) is 0 Å². The maximum atomic E-state index is 12.2. The summed E-state index contributed by atoms with van der Waals surface area (Å²) in [5, 5.41) is 20.0. The van der Waals surface area contributed by atoms with Crippen molar-refractivity contribution in [2.45, 2.75) is 69.9 Å². The van der Waals surface area contributed by atoms with Gasteiger partial charge in [-0.05, 0) is 60.5 Å². The monoisotopic (exact) mass is 408 g/mol. The smallest absolute Gasteiger partial charge is 0.375 e. The SMILES string of the molecule is CCCSC[C@H](N)[C@](O)(Cc1nccc2c1C[C@@H](CCC1CC1)C2)C(=O)OO. The molecule has 0 aromatic carbocycles. The minimum atomic E-state index is -2.00. The lowest BCUT2D eigenvalue weighted by Gasteiger charge is -2.30. The number of pyridine rings is 1. The quantitative estimate of drug-likeness (QED) is 0.294. The van der Waals surface area contributed by atoms with Gasteiger partial charge in [0.25, 0.3) is 0 Å². The molecule has 2 aliphatic carbocycles. The van der Waals surface area contributed by atoms with Crippen LogP contribution in [-0.4, -0.2) is 44.5 Å². The number of hydrogen-bond donors (Lipinski definition) is 3. The average Bonchev–Trinajstić information content (AvgIpc) is 3.43. The Morgan fingerprint density at radius 3 is 2.82 bits per heavy atom. The Morgan fingerprint density at radius 2 is 2.14 bits per heavy atom. The summed E-state index contributed by atoms with van der Waals surface area (Å²) in [4.78, 5) is 20.6. The Balaban J connectivity index is 1.73. The number of aliphatic hydroxyl groups is 1. The van der Waals surface area contributed by atoms with Gasteiger partial charge in [-0.3, -0.25) is 9.87 Å². The Hall–Kier alpha value is -1.15. The lowest BCUT2D eigenvalue weighted by atomic mass is 9.88. The highest BCUT2D eigenvalue weighted by molar-refractivity contribution is 7.99. The molecule has 2 aliphatic rings. The Kier molecular flexibility index (Phi) is 7.36. The number of carbonyl (C=O) groups excluding carboxylic acids is 1. The van der Waals surface area contributed by atoms with Crippen LogP contribution in [0.1, 0.15) is 55.8 Å². The molecule has 0 bridgehead atoms. The molecule has 0 unspecified atom stereocenters. The van der Waals surface area contributed by atoms with Crippen LogP contribution in [0.4, 0.5) is 0 Å². The highest BCUT2D eigenvalue weighted by atomic mass is 32.2. The van der Waals surface area contributed by atoms with E-state index in [-0.39, 0.29) is 6.42 Å². The number of nitrogens with two attached hydrogens (primary N) is 1. The molecule has 0 spiro atoms. The van der Waals surface area contributed by atoms with Crippen molar-refractivity contribution in [2.75, 3.05) is 11.5 Å². The number of fused-ring (bicyclic) bond motifs is 1. The van der Waals surface area contributed by atoms with Crippen LogP contribution in [0.15, 0.2) is 12.3 Å². The van der Waals surface area contributed by atoms with Gasteiger partial charge < -0.3 is 10.8 Å². The second-order valence-electron chi connectivity index (χ2n) is 8.35. The van der Waals surface area contributed by atoms with Gasteiger partial charge in [0.1, 0.15) is 0 Å². The summed E-state index contributed by atoms with van der Waals surface area (Å²) >= 11 is 1.57. The first-order valence-corrected chi connectivity index (χ1v) is 11.5. The van der Waals surface area contributed by atoms with Gasteiger partial charge in [0, 0.05) is 24.1 Å². The van der Waals surface area contributed by atoms with Crippen LogP contribution < -0.4 is 5.73 Å². The van der Waals surface area contributed by atoms with E-state index in [1.807, 2.05) is 6.07 Å². The maximum absolute atomic E-state index is 12.2. The molecule has 0 aliphatic heterocycles. The van der Waals surface area contributed by atoms with Gasteiger partial charge in [-0.2, -0.15) is 17.0 Å². The molecule has 7 heteroatoms. The predicted molar refractivity (Wildman–Crippen MR) is 110 cm³/mol. The van der Waals surface area contributed by atoms with Crippen LogP contribution in [0.5, 0.6) is 0 Å². The normalized spacial score (nSPS) is 21.8. The van der Waals surface area contributed by atoms with Crippen molar-refractivity contribution in [2.24, 2.45) is 17.6 Å². The Bertz CT molecular complexity index is 682. The maximum Gasteiger partial charge on any atom is 0.375 e. The van der Waals surface area contributed by atoms with E-state index < -0.39 is 17.6 Å². The summed E-state index contributed by atoms with van der Waals surface area (Å²) in [7, 11) is 0. The molecule has 1 saturated carbocycles. The number of hydrogen-bond acceptors (Lipinski definition) is 7. The van der Waals surface area contributed by atoms with Crippen LogP contribution in [0, 0.1) is 11.8 Å². The van der Waals surface area contributed by atoms with E-state index in [2.05, 4.69) is 16.8 Å². The summed E-state index contributed by atoms with van der Waals surface area (Å²) < 4.78 is 0. The zero-order chi connectivity index (χ0) is 20.1. The van der Waals surface area contributed by atoms with E-state index in [1.54, 1.807) is 18.0 Å². The molecular weight excluding hydrogens is 376 g/mol. The summed E-state index contributed by atoms with van der Waals surface area (Å²) in [6.45, 7) is 2.06. The lowest BCUT2D eigenvalue weighted by molar-refractivity contribution is -0.252. The van der Waals surface area contributed by atoms with E-state index in [1.165, 1.54) is 31.2 Å². The highest BCUT2D eigenvalue weighted by Gasteiger charge is 2.45. The zero-order valence-corrected chi connectivity index (χ0v) is 17.4. The van der Waals surface area contributed by atoms with Crippen LogP contribution in [0.2, 0.25) is 0 Å². The standard InChI is InChI=1S/C21H32N2O4S/c1-2-9-28-13-19(22)21(25,20(24)27-26)12-18-17-11-15(6-5-14-3-4-14)10-16(17)7-8-23-18/h7-8,14-15,19,25-26H,2-6,9-13,22H2,1H3/t15-,19-,21+/m0/s1. The summed E-state index contributed by atoms with van der Waals surface area (Å²) in [6, 6.07) is 1.18. The molecule has 3 atom stereocenters. The minimum Gasteiger partial charge on any atom is -0.376 e. The number of aromatic nitrogens is 1. The summed E-state index contributed by atoms with van der Waals surface area (Å²) in [6.07, 6.45) is 9.88. The van der Waals surface area contributed by atoms with Crippen molar-refractivity contribution in [1.29, 1.82) is 0 Å². The Labute approximate surface area is 171 Å². The molecule has 6 nitrogen and oxygen atoms in total. The van der Waals surface area contributed by atoms with Crippen molar-refractivity contribution < 1.29 is 20.0 Å². The third-order valence-corrected chi connectivity index (χ3v) is 7.35. The van der Waals surface area contributed by atoms with Gasteiger partial charge in [0.05, 0.1) is 6.04 Å². The van der Waals surface area contributed by atoms with Gasteiger partial charge >= 0.3 is 5.97 Å². The molecule has 28 heavy (non-hydrogen) atoms. The summed E-state index contributed by atoms with van der Waals surface area (Å²) in [5.41, 5.74) is 7.24. The molecule has 1 aromatic heterocycles. The van der Waals surface area contributed by atoms with Crippen molar-refractivity contribution >= 4 is 17.7 Å². The molecule has 1 fully saturated rings. The second kappa shape index (κ2) is 9.57. The zero-order valence-electron chi connectivity index (χ0n) is 16.6. The van der Waals surface area contributed by atoms with Gasteiger partial charge in [-0.1, -0.05) is 26.2 Å². The third kappa shape index (κ3) is 5.06. The molecule has 0 radical (unpaired) electrons. The van der Waals surface area contributed by atoms with E-state index in [0.717, 1.165) is 36.5 Å². The minimum absolute atomic E-state index is 0.0429. The van der Waals surface area contributed by atoms with Crippen LogP contribution in [0.25, 0.3) is 0 Å². The molecule has 3 rings (SSSR count). The fourth-order valence-corrected chi connectivity index (χ4v) is 5.09. The van der Waals surface area contributed by atoms with Crippen molar-refractivity contribution in [1.82, 2.24) is 4.98 Å². The number of nitrogens with zero attached hydrogens (tertiary/aromatic N) is 1. The largest absolute Gasteiger partial charge is 0.376 e. The number of rotatable bonds is 11. The fourth-order valence-electron chi connectivity index (χ4n) is 4.11. The molecular formula is C21H32N2O4S. The first kappa shape index (κ1) is 21.6. The van der Waals surface area contributed by atoms with E-state index >= 15 is 0 Å². The average molecular weight is 409 g/mol. The van der Waals surface area contributed by atoms with E-state index in [0.29, 0.717) is 17.4 Å². The second-order valence-corrected chi connectivity index (χ2v) is 9.50. The van der Waals surface area contributed by atoms with Gasteiger partial charge in [0.2, 0.25) is 0 Å². The van der Waals surface area contributed by atoms with E-state index in [9.17, 15) is 9.90 Å². The van der Waals surface area contributed by atoms with Crippen LogP contribution >= 0.6 is 11.8 Å². The molecule has 4 N–H and O–H groups in total. The first-order valence-electron chi connectivity index (χ1n) is 10.3. The van der Waals surface area contributed by atoms with Crippen molar-refractivity contribution in [3.05, 3.63) is 29.1 Å². The molecule has 1 heterocycles. The molecule has 0 amide bonds. The lowest BCUT2D eigenvalue weighted by Crippen LogP contribution is -2.57. The first-order chi connectivity index (χ1) is 13.5. The molecule has 0 saturated heterocycles. The predicted octanol–water partition coefficient (Wildman–Crippen LogP) is 2.75. The highest BCUT2D eigenvalue weighted by Crippen LogP contribution is 2.38. The topological polar surface area (TPSA) is 106 Å².